The van der Waals surface area contributed by atoms with Gasteiger partial charge in [0.05, 0.1) is 12.0 Å². The maximum Gasteiger partial charge on any atom is 0.223 e. The van der Waals surface area contributed by atoms with Crippen molar-refractivity contribution in [3.05, 3.63) is 16.9 Å². The molecule has 2 saturated heterocycles. The van der Waals surface area contributed by atoms with Gasteiger partial charge in [0.2, 0.25) is 5.95 Å². The van der Waals surface area contributed by atoms with Crippen LogP contribution in [-0.2, 0) is 18.6 Å². The van der Waals surface area contributed by atoms with E-state index in [1.165, 1.54) is 0 Å². The minimum Gasteiger partial charge on any atom is -0.414 e. The number of rotatable bonds is 4. The van der Waals surface area contributed by atoms with Crippen LogP contribution in [0.15, 0.2) is 6.20 Å². The molecule has 0 radical (unpaired) electrons. The lowest BCUT2D eigenvalue weighted by molar-refractivity contribution is -0.199. The number of anilines is 1. The molecule has 0 bridgehead atoms. The van der Waals surface area contributed by atoms with Crippen LogP contribution in [0.2, 0.25) is 23.3 Å². The highest BCUT2D eigenvalue weighted by molar-refractivity contribution is 6.74. The fraction of sp³-hybridized carbons (Fsp3) is 0.714. The molecular weight excluding hydrogens is 436 g/mol. The van der Waals surface area contributed by atoms with E-state index < -0.39 is 20.3 Å². The van der Waals surface area contributed by atoms with Crippen LogP contribution in [0.4, 0.5) is 5.95 Å². The molecule has 8 nitrogen and oxygen atoms in total. The maximum atomic E-state index is 6.48. The Morgan fingerprint density at radius 2 is 1.87 bits per heavy atom. The van der Waals surface area contributed by atoms with Gasteiger partial charge in [-0.05, 0) is 44.5 Å². The van der Waals surface area contributed by atoms with Crippen molar-refractivity contribution >= 4 is 36.9 Å². The molecule has 2 N–H and O–H groups in total. The van der Waals surface area contributed by atoms with Crippen molar-refractivity contribution in [1.29, 1.82) is 0 Å². The number of aromatic nitrogens is 3. The first kappa shape index (κ1) is 22.9. The SMILES string of the molecule is Cc1cn([C@@H]2O[C@H](CO[Si](C)(C)C(C)(C)C)[C@H]3OC(C)(C)O[C@H]32)c2nc(N)nc(Cl)c12. The van der Waals surface area contributed by atoms with E-state index >= 15 is 0 Å². The van der Waals surface area contributed by atoms with E-state index in [1.54, 1.807) is 0 Å². The highest BCUT2D eigenvalue weighted by Gasteiger charge is 2.56. The predicted molar refractivity (Wildman–Crippen MR) is 123 cm³/mol. The van der Waals surface area contributed by atoms with Gasteiger partial charge >= 0.3 is 0 Å². The standard InChI is InChI=1S/C21H33ClN4O4Si/c1-11-9-26(17-13(11)16(22)24-19(23)25-17)18-15-14(29-21(5,6)30-15)12(28-18)10-27-31(7,8)20(2,3)4/h9,12,14-15,18H,10H2,1-8H3,(H2,23,24,25)/t12-,14-,15-,18-/m1/s1. The third kappa shape index (κ3) is 4.00. The topological polar surface area (TPSA) is 93.7 Å². The third-order valence-corrected chi connectivity index (χ3v) is 11.4. The first-order valence-electron chi connectivity index (χ1n) is 10.7. The molecule has 10 heteroatoms. The van der Waals surface area contributed by atoms with E-state index in [9.17, 15) is 0 Å². The normalized spacial score (nSPS) is 28.4. The van der Waals surface area contributed by atoms with Crippen molar-refractivity contribution in [2.24, 2.45) is 0 Å². The Bertz CT molecular complexity index is 1000. The number of hydrogen-bond donors (Lipinski definition) is 1. The lowest BCUT2D eigenvalue weighted by Gasteiger charge is -2.37. The Morgan fingerprint density at radius 3 is 2.52 bits per heavy atom. The van der Waals surface area contributed by atoms with E-state index in [0.29, 0.717) is 17.4 Å². The van der Waals surface area contributed by atoms with Crippen molar-refractivity contribution in [1.82, 2.24) is 14.5 Å². The van der Waals surface area contributed by atoms with E-state index in [1.807, 2.05) is 31.5 Å². The second-order valence-electron chi connectivity index (χ2n) is 10.5. The summed E-state index contributed by atoms with van der Waals surface area (Å²) in [5.74, 6) is -0.593. The molecule has 4 atom stereocenters. The zero-order chi connectivity index (χ0) is 22.9. The van der Waals surface area contributed by atoms with Crippen LogP contribution in [0.1, 0.15) is 46.4 Å². The lowest BCUT2D eigenvalue weighted by atomic mass is 10.1. The first-order valence-corrected chi connectivity index (χ1v) is 13.9. The highest BCUT2D eigenvalue weighted by Crippen LogP contribution is 2.45. The molecule has 31 heavy (non-hydrogen) atoms. The minimum atomic E-state index is -1.95. The fourth-order valence-electron chi connectivity index (χ4n) is 4.02. The van der Waals surface area contributed by atoms with Gasteiger partial charge in [-0.1, -0.05) is 32.4 Å². The largest absolute Gasteiger partial charge is 0.414 e. The molecule has 0 spiro atoms. The van der Waals surface area contributed by atoms with Crippen LogP contribution < -0.4 is 5.73 Å². The lowest BCUT2D eigenvalue weighted by Crippen LogP contribution is -2.44. The van der Waals surface area contributed by atoms with Crippen molar-refractivity contribution in [2.75, 3.05) is 12.3 Å². The van der Waals surface area contributed by atoms with Crippen LogP contribution >= 0.6 is 11.6 Å². The molecule has 4 heterocycles. The number of aryl methyl sites for hydroxylation is 1. The van der Waals surface area contributed by atoms with Gasteiger partial charge in [0.25, 0.3) is 0 Å². The molecule has 0 amide bonds. The van der Waals surface area contributed by atoms with Gasteiger partial charge in [-0.2, -0.15) is 4.98 Å². The number of nitrogen functional groups attached to an aromatic ring is 1. The second-order valence-corrected chi connectivity index (χ2v) is 15.7. The number of nitrogens with two attached hydrogens (primary N) is 1. The van der Waals surface area contributed by atoms with Crippen molar-refractivity contribution < 1.29 is 18.6 Å². The maximum absolute atomic E-state index is 6.48. The Labute approximate surface area is 189 Å². The zero-order valence-corrected chi connectivity index (χ0v) is 21.3. The molecular formula is C21H33ClN4O4Si. The smallest absolute Gasteiger partial charge is 0.223 e. The average Bonchev–Trinajstić information content (AvgIpc) is 3.20. The molecule has 0 saturated carbocycles. The summed E-state index contributed by atoms with van der Waals surface area (Å²) in [5.41, 5.74) is 7.45. The number of hydrogen-bond acceptors (Lipinski definition) is 7. The number of fused-ring (bicyclic) bond motifs is 2. The predicted octanol–water partition coefficient (Wildman–Crippen LogP) is 4.41. The summed E-state index contributed by atoms with van der Waals surface area (Å²) >= 11 is 6.36. The molecule has 0 unspecified atom stereocenters. The van der Waals surface area contributed by atoms with Crippen LogP contribution in [0.3, 0.4) is 0 Å². The quantitative estimate of drug-likeness (QED) is 0.524. The van der Waals surface area contributed by atoms with Gasteiger partial charge in [-0.3, -0.25) is 0 Å². The number of nitrogens with zero attached hydrogens (tertiary/aromatic N) is 3. The molecule has 0 aromatic carbocycles. The number of halogens is 1. The number of ether oxygens (including phenoxy) is 3. The Balaban J connectivity index is 1.68. The summed E-state index contributed by atoms with van der Waals surface area (Å²) in [7, 11) is -1.95. The molecule has 172 valence electrons. The Hall–Kier alpha value is -1.23. The summed E-state index contributed by atoms with van der Waals surface area (Å²) in [6.45, 7) is 17.4. The van der Waals surface area contributed by atoms with Crippen LogP contribution in [0.25, 0.3) is 11.0 Å². The molecule has 2 aromatic heterocycles. The molecule has 2 aliphatic heterocycles. The monoisotopic (exact) mass is 468 g/mol. The van der Waals surface area contributed by atoms with Gasteiger partial charge in [0.1, 0.15) is 29.1 Å². The molecule has 2 aliphatic rings. The van der Waals surface area contributed by atoms with Gasteiger partial charge in [-0.25, -0.2) is 4.98 Å². The molecule has 4 rings (SSSR count). The fourth-order valence-corrected chi connectivity index (χ4v) is 5.35. The van der Waals surface area contributed by atoms with E-state index in [4.69, 9.17) is 36.0 Å². The van der Waals surface area contributed by atoms with Crippen LogP contribution in [-0.4, -0.2) is 53.6 Å². The van der Waals surface area contributed by atoms with Gasteiger partial charge in [0, 0.05) is 6.20 Å². The zero-order valence-electron chi connectivity index (χ0n) is 19.5. The third-order valence-electron chi connectivity index (χ3n) is 6.65. The van der Waals surface area contributed by atoms with Crippen LogP contribution in [0.5, 0.6) is 0 Å². The summed E-state index contributed by atoms with van der Waals surface area (Å²) in [6.07, 6.45) is 0.683. The van der Waals surface area contributed by atoms with Gasteiger partial charge in [-0.15, -0.1) is 0 Å². The van der Waals surface area contributed by atoms with E-state index in [2.05, 4.69) is 43.8 Å². The molecule has 2 fully saturated rings. The molecule has 2 aromatic rings. The minimum absolute atomic E-state index is 0.107. The highest BCUT2D eigenvalue weighted by atomic mass is 35.5. The Kier molecular flexibility index (Phi) is 5.47. The van der Waals surface area contributed by atoms with Crippen molar-refractivity contribution in [3.63, 3.8) is 0 Å². The Morgan fingerprint density at radius 1 is 1.23 bits per heavy atom. The van der Waals surface area contributed by atoms with E-state index in [-0.39, 0.29) is 29.3 Å². The van der Waals surface area contributed by atoms with Gasteiger partial charge in [0.15, 0.2) is 20.3 Å². The van der Waals surface area contributed by atoms with Crippen molar-refractivity contribution in [2.45, 2.75) is 90.0 Å². The van der Waals surface area contributed by atoms with E-state index in [0.717, 1.165) is 10.9 Å². The van der Waals surface area contributed by atoms with Crippen LogP contribution in [0, 0.1) is 6.92 Å². The average molecular weight is 469 g/mol. The molecule has 0 aliphatic carbocycles. The first-order chi connectivity index (χ1) is 14.2. The van der Waals surface area contributed by atoms with Gasteiger partial charge < -0.3 is 28.9 Å². The summed E-state index contributed by atoms with van der Waals surface area (Å²) in [4.78, 5) is 8.53. The second kappa shape index (κ2) is 7.39. The summed E-state index contributed by atoms with van der Waals surface area (Å²) in [5, 5.41) is 1.19. The summed E-state index contributed by atoms with van der Waals surface area (Å²) < 4.78 is 27.4. The van der Waals surface area contributed by atoms with Crippen molar-refractivity contribution in [3.8, 4) is 0 Å². The summed E-state index contributed by atoms with van der Waals surface area (Å²) in [6, 6.07) is 0.